The first-order valence-corrected chi connectivity index (χ1v) is 7.22. The molecule has 1 saturated heterocycles. The topological polar surface area (TPSA) is 66.3 Å². The quantitative estimate of drug-likeness (QED) is 0.902. The molecule has 0 spiro atoms. The van der Waals surface area contributed by atoms with E-state index in [0.29, 0.717) is 0 Å². The van der Waals surface area contributed by atoms with Crippen LogP contribution in [0.5, 0.6) is 0 Å². The lowest BCUT2D eigenvalue weighted by atomic mass is 10.1. The highest BCUT2D eigenvalue weighted by Crippen LogP contribution is 2.19. The minimum absolute atomic E-state index is 0.262. The van der Waals surface area contributed by atoms with Crippen LogP contribution in [0.1, 0.15) is 10.4 Å². The normalized spacial score (nSPS) is 15.7. The van der Waals surface area contributed by atoms with Crippen molar-refractivity contribution in [3.05, 3.63) is 30.0 Å². The van der Waals surface area contributed by atoms with Crippen LogP contribution in [0.15, 0.2) is 24.4 Å². The van der Waals surface area contributed by atoms with Gasteiger partial charge in [-0.3, -0.25) is 0 Å². The van der Waals surface area contributed by atoms with Gasteiger partial charge in [0.2, 0.25) is 5.95 Å². The molecule has 0 amide bonds. The monoisotopic (exact) mass is 275 g/mol. The molecule has 0 bridgehead atoms. The second kappa shape index (κ2) is 5.05. The number of rotatable bonds is 2. The van der Waals surface area contributed by atoms with Crippen LogP contribution in [0.4, 0.5) is 5.95 Å². The number of hydrogen-bond donors (Lipinski definition) is 1. The van der Waals surface area contributed by atoms with Gasteiger partial charge in [0.25, 0.3) is 0 Å². The Morgan fingerprint density at radius 1 is 1.32 bits per heavy atom. The van der Waals surface area contributed by atoms with Gasteiger partial charge in [-0.25, -0.2) is 14.8 Å². The van der Waals surface area contributed by atoms with Gasteiger partial charge in [0.05, 0.1) is 11.1 Å². The van der Waals surface area contributed by atoms with E-state index in [1.807, 2.05) is 11.8 Å². The maximum atomic E-state index is 10.9. The number of fused-ring (bicyclic) bond motifs is 1. The molecule has 1 aromatic carbocycles. The van der Waals surface area contributed by atoms with Gasteiger partial charge in [0.15, 0.2) is 0 Å². The number of aromatic carboxylic acids is 1. The van der Waals surface area contributed by atoms with Gasteiger partial charge < -0.3 is 10.0 Å². The first-order valence-electron chi connectivity index (χ1n) is 6.07. The number of anilines is 1. The van der Waals surface area contributed by atoms with Crippen LogP contribution < -0.4 is 4.90 Å². The van der Waals surface area contributed by atoms with E-state index >= 15 is 0 Å². The maximum absolute atomic E-state index is 10.9. The average Bonchev–Trinajstić information content (AvgIpc) is 2.47. The molecule has 0 aliphatic carbocycles. The first-order chi connectivity index (χ1) is 9.24. The summed E-state index contributed by atoms with van der Waals surface area (Å²) in [6.45, 7) is 1.92. The Morgan fingerprint density at radius 3 is 2.84 bits per heavy atom. The van der Waals surface area contributed by atoms with Crippen molar-refractivity contribution in [1.29, 1.82) is 0 Å². The summed E-state index contributed by atoms with van der Waals surface area (Å²) < 4.78 is 0. The zero-order valence-corrected chi connectivity index (χ0v) is 11.1. The Bertz CT molecular complexity index is 626. The van der Waals surface area contributed by atoms with Gasteiger partial charge in [0.1, 0.15) is 0 Å². The van der Waals surface area contributed by atoms with Gasteiger partial charge in [0, 0.05) is 36.2 Å². The third kappa shape index (κ3) is 2.49. The van der Waals surface area contributed by atoms with Gasteiger partial charge in [-0.05, 0) is 18.2 Å². The molecule has 3 rings (SSSR count). The molecule has 5 nitrogen and oxygen atoms in total. The average molecular weight is 275 g/mol. The zero-order chi connectivity index (χ0) is 13.2. The molecule has 1 aromatic heterocycles. The van der Waals surface area contributed by atoms with Gasteiger partial charge in [-0.1, -0.05) is 0 Å². The first kappa shape index (κ1) is 12.2. The fraction of sp³-hybridized carbons (Fsp3) is 0.308. The Labute approximate surface area is 114 Å². The van der Waals surface area contributed by atoms with Gasteiger partial charge in [-0.2, -0.15) is 11.8 Å². The Hall–Kier alpha value is -1.82. The zero-order valence-electron chi connectivity index (χ0n) is 10.2. The highest BCUT2D eigenvalue weighted by molar-refractivity contribution is 7.99. The lowest BCUT2D eigenvalue weighted by Crippen LogP contribution is -2.33. The van der Waals surface area contributed by atoms with Gasteiger partial charge in [-0.15, -0.1) is 0 Å². The van der Waals surface area contributed by atoms with Crippen LogP contribution in [0.2, 0.25) is 0 Å². The lowest BCUT2D eigenvalue weighted by Gasteiger charge is -2.26. The van der Waals surface area contributed by atoms with Gasteiger partial charge >= 0.3 is 5.97 Å². The molecular weight excluding hydrogens is 262 g/mol. The van der Waals surface area contributed by atoms with Crippen molar-refractivity contribution in [3.8, 4) is 0 Å². The number of nitrogens with zero attached hydrogens (tertiary/aromatic N) is 3. The molecule has 0 unspecified atom stereocenters. The summed E-state index contributed by atoms with van der Waals surface area (Å²) >= 11 is 1.94. The molecular formula is C13H13N3O2S. The fourth-order valence-electron chi connectivity index (χ4n) is 2.07. The number of benzene rings is 1. The van der Waals surface area contributed by atoms with E-state index < -0.39 is 5.97 Å². The van der Waals surface area contributed by atoms with E-state index in [1.165, 1.54) is 0 Å². The molecule has 2 heterocycles. The van der Waals surface area contributed by atoms with Crippen molar-refractivity contribution in [2.24, 2.45) is 0 Å². The largest absolute Gasteiger partial charge is 0.478 e. The fourth-order valence-corrected chi connectivity index (χ4v) is 2.98. The highest BCUT2D eigenvalue weighted by atomic mass is 32.2. The van der Waals surface area contributed by atoms with E-state index in [1.54, 1.807) is 24.4 Å². The molecule has 0 saturated carbocycles. The molecule has 2 aromatic rings. The molecule has 1 aliphatic heterocycles. The van der Waals surface area contributed by atoms with Crippen LogP contribution in [0.25, 0.3) is 10.9 Å². The molecule has 0 radical (unpaired) electrons. The standard InChI is InChI=1S/C13H13N3O2S/c17-12(18)9-1-2-11-10(7-9)8-14-13(15-11)16-3-5-19-6-4-16/h1-2,7-8H,3-6H2,(H,17,18). The molecule has 1 aliphatic rings. The smallest absolute Gasteiger partial charge is 0.335 e. The summed E-state index contributed by atoms with van der Waals surface area (Å²) in [5, 5.41) is 9.71. The number of carboxylic acids is 1. The number of carbonyl (C=O) groups is 1. The summed E-state index contributed by atoms with van der Waals surface area (Å²) in [4.78, 5) is 21.9. The maximum Gasteiger partial charge on any atom is 0.335 e. The third-order valence-corrected chi connectivity index (χ3v) is 4.05. The van der Waals surface area contributed by atoms with Crippen LogP contribution in [0, 0.1) is 0 Å². The minimum Gasteiger partial charge on any atom is -0.478 e. The lowest BCUT2D eigenvalue weighted by molar-refractivity contribution is 0.0697. The Balaban J connectivity index is 1.97. The van der Waals surface area contributed by atoms with Crippen molar-refractivity contribution in [2.75, 3.05) is 29.5 Å². The Kier molecular flexibility index (Phi) is 3.25. The van der Waals surface area contributed by atoms with Crippen molar-refractivity contribution in [3.63, 3.8) is 0 Å². The van der Waals surface area contributed by atoms with Crippen LogP contribution in [-0.4, -0.2) is 45.6 Å². The van der Waals surface area contributed by atoms with Crippen LogP contribution in [-0.2, 0) is 0 Å². The van der Waals surface area contributed by atoms with Crippen molar-refractivity contribution in [2.45, 2.75) is 0 Å². The van der Waals surface area contributed by atoms with Crippen LogP contribution >= 0.6 is 11.8 Å². The molecule has 1 fully saturated rings. The molecule has 0 atom stereocenters. The third-order valence-electron chi connectivity index (χ3n) is 3.11. The number of aromatic nitrogens is 2. The molecule has 6 heteroatoms. The van der Waals surface area contributed by atoms with E-state index in [0.717, 1.165) is 41.4 Å². The molecule has 19 heavy (non-hydrogen) atoms. The van der Waals surface area contributed by atoms with E-state index in [2.05, 4.69) is 14.9 Å². The summed E-state index contributed by atoms with van der Waals surface area (Å²) in [6.07, 6.45) is 1.70. The number of carboxylic acid groups (broad SMARTS) is 1. The minimum atomic E-state index is -0.931. The second-order valence-electron chi connectivity index (χ2n) is 4.35. The predicted molar refractivity (Wildman–Crippen MR) is 76.0 cm³/mol. The highest BCUT2D eigenvalue weighted by Gasteiger charge is 2.14. The van der Waals surface area contributed by atoms with Crippen LogP contribution in [0.3, 0.4) is 0 Å². The van der Waals surface area contributed by atoms with Crippen molar-refractivity contribution in [1.82, 2.24) is 9.97 Å². The summed E-state index contributed by atoms with van der Waals surface area (Å²) in [5.41, 5.74) is 1.05. The molecule has 1 N–H and O–H groups in total. The SMILES string of the molecule is O=C(O)c1ccc2nc(N3CCSCC3)ncc2c1. The molecule has 98 valence electrons. The van der Waals surface area contributed by atoms with Crippen molar-refractivity contribution < 1.29 is 9.90 Å². The Morgan fingerprint density at radius 2 is 2.11 bits per heavy atom. The van der Waals surface area contributed by atoms with E-state index in [-0.39, 0.29) is 5.56 Å². The van der Waals surface area contributed by atoms with E-state index in [4.69, 9.17) is 5.11 Å². The van der Waals surface area contributed by atoms with E-state index in [9.17, 15) is 4.79 Å². The number of thioether (sulfide) groups is 1. The number of hydrogen-bond acceptors (Lipinski definition) is 5. The predicted octanol–water partition coefficient (Wildman–Crippen LogP) is 1.88. The van der Waals surface area contributed by atoms with Crippen molar-refractivity contribution >= 4 is 34.6 Å². The second-order valence-corrected chi connectivity index (χ2v) is 5.57. The summed E-state index contributed by atoms with van der Waals surface area (Å²) in [5.74, 6) is 1.99. The summed E-state index contributed by atoms with van der Waals surface area (Å²) in [6, 6.07) is 4.92. The summed E-state index contributed by atoms with van der Waals surface area (Å²) in [7, 11) is 0.